The molecule has 1 saturated carbocycles. The molecule has 0 saturated heterocycles. The van der Waals surface area contributed by atoms with Crippen LogP contribution in [0.15, 0.2) is 35.4 Å². The molecule has 2 aromatic heterocycles. The minimum absolute atomic E-state index is 0.261. The number of aromatic amines is 1. The summed E-state index contributed by atoms with van der Waals surface area (Å²) in [6.07, 6.45) is 3.21. The van der Waals surface area contributed by atoms with Gasteiger partial charge in [-0.1, -0.05) is 6.07 Å². The number of hydrogen-bond acceptors (Lipinski definition) is 6. The maximum Gasteiger partial charge on any atom is 0.181 e. The van der Waals surface area contributed by atoms with Crippen molar-refractivity contribution in [3.63, 3.8) is 0 Å². The molecule has 0 spiro atoms. The molecule has 1 aliphatic rings. The highest BCUT2D eigenvalue weighted by molar-refractivity contribution is 7.92. The Morgan fingerprint density at radius 1 is 1.24 bits per heavy atom. The Hall–Kier alpha value is -2.19. The Labute approximate surface area is 150 Å². The number of nitrogens with one attached hydrogen (secondary N) is 2. The average Bonchev–Trinajstić information content (AvgIpc) is 3.25. The minimum atomic E-state index is -3.33. The first-order chi connectivity index (χ1) is 11.9. The fourth-order valence-corrected chi connectivity index (χ4v) is 5.49. The van der Waals surface area contributed by atoms with E-state index >= 15 is 0 Å². The lowest BCUT2D eigenvalue weighted by atomic mass is 10.2. The number of benzene rings is 1. The summed E-state index contributed by atoms with van der Waals surface area (Å²) >= 11 is 1.50. The molecule has 0 aliphatic heterocycles. The summed E-state index contributed by atoms with van der Waals surface area (Å²) in [6, 6.07) is 7.31. The van der Waals surface area contributed by atoms with Crippen molar-refractivity contribution in [2.45, 2.75) is 36.8 Å². The number of aromatic nitrogens is 3. The zero-order valence-corrected chi connectivity index (χ0v) is 15.5. The van der Waals surface area contributed by atoms with E-state index < -0.39 is 9.84 Å². The van der Waals surface area contributed by atoms with Crippen LogP contribution in [0.1, 0.15) is 23.5 Å². The van der Waals surface area contributed by atoms with Crippen molar-refractivity contribution >= 4 is 32.7 Å². The van der Waals surface area contributed by atoms with Crippen LogP contribution in [0.3, 0.4) is 0 Å². The summed E-state index contributed by atoms with van der Waals surface area (Å²) in [6.45, 7) is 3.83. The quantitative estimate of drug-likeness (QED) is 0.709. The van der Waals surface area contributed by atoms with Crippen molar-refractivity contribution in [3.8, 4) is 10.4 Å². The fraction of sp³-hybridized carbons (Fsp3) is 0.294. The highest BCUT2D eigenvalue weighted by Crippen LogP contribution is 2.40. The molecule has 1 aliphatic carbocycles. The summed E-state index contributed by atoms with van der Waals surface area (Å²) < 4.78 is 25.9. The Kier molecular flexibility index (Phi) is 3.88. The Bertz CT molecular complexity index is 1030. The Balaban J connectivity index is 1.79. The maximum absolute atomic E-state index is 12.9. The van der Waals surface area contributed by atoms with Crippen LogP contribution < -0.4 is 5.32 Å². The van der Waals surface area contributed by atoms with Crippen LogP contribution in [0.4, 0.5) is 11.5 Å². The van der Waals surface area contributed by atoms with E-state index in [0.29, 0.717) is 16.4 Å². The maximum atomic E-state index is 12.9. The molecule has 1 fully saturated rings. The molecule has 6 nitrogen and oxygen atoms in total. The van der Waals surface area contributed by atoms with Crippen LogP contribution >= 0.6 is 11.3 Å². The molecule has 0 unspecified atom stereocenters. The van der Waals surface area contributed by atoms with Gasteiger partial charge in [0.1, 0.15) is 0 Å². The first-order valence-corrected chi connectivity index (χ1v) is 10.4. The number of anilines is 2. The van der Waals surface area contributed by atoms with E-state index in [1.807, 2.05) is 32.0 Å². The zero-order valence-electron chi connectivity index (χ0n) is 13.9. The van der Waals surface area contributed by atoms with Crippen LogP contribution in [0.2, 0.25) is 0 Å². The summed E-state index contributed by atoms with van der Waals surface area (Å²) in [5, 5.41) is 10.8. The fourth-order valence-electron chi connectivity index (χ4n) is 2.71. The molecule has 8 heteroatoms. The predicted molar refractivity (Wildman–Crippen MR) is 99.1 cm³/mol. The number of rotatable bonds is 5. The van der Waals surface area contributed by atoms with Crippen molar-refractivity contribution in [2.75, 3.05) is 5.32 Å². The average molecular weight is 374 g/mol. The zero-order chi connectivity index (χ0) is 17.6. The molecule has 1 aromatic carbocycles. The molecule has 130 valence electrons. The standard InChI is InChI=1S/C17H18N4O2S2/c1-10-7-17(21-20-10)19-12-3-6-14(15-9-18-11(2)24-15)16(8-12)25(22,23)13-4-5-13/h3,6-9,13H,4-5H2,1-2H3,(H2,19,20,21). The topological polar surface area (TPSA) is 87.7 Å². The third-order valence-corrected chi connectivity index (χ3v) is 7.36. The number of thiazole rings is 1. The normalized spacial score (nSPS) is 14.6. The van der Waals surface area contributed by atoms with E-state index in [-0.39, 0.29) is 5.25 Å². The van der Waals surface area contributed by atoms with Gasteiger partial charge in [0, 0.05) is 29.2 Å². The van der Waals surface area contributed by atoms with E-state index in [0.717, 1.165) is 34.0 Å². The molecule has 0 bridgehead atoms. The molecular formula is C17H18N4O2S2. The monoisotopic (exact) mass is 374 g/mol. The molecule has 4 rings (SSSR count). The van der Waals surface area contributed by atoms with Gasteiger partial charge >= 0.3 is 0 Å². The Morgan fingerprint density at radius 2 is 2.04 bits per heavy atom. The van der Waals surface area contributed by atoms with Gasteiger partial charge in [-0.25, -0.2) is 13.4 Å². The van der Waals surface area contributed by atoms with Gasteiger partial charge in [-0.05, 0) is 38.8 Å². The SMILES string of the molecule is Cc1cc(Nc2ccc(-c3cnc(C)s3)c(S(=O)(=O)C3CC3)c2)n[nH]1. The van der Waals surface area contributed by atoms with E-state index in [1.165, 1.54) is 11.3 Å². The van der Waals surface area contributed by atoms with E-state index in [9.17, 15) is 8.42 Å². The second-order valence-corrected chi connectivity index (χ2v) is 9.69. The molecular weight excluding hydrogens is 356 g/mol. The molecule has 0 amide bonds. The molecule has 2 N–H and O–H groups in total. The van der Waals surface area contributed by atoms with Gasteiger partial charge < -0.3 is 5.32 Å². The van der Waals surface area contributed by atoms with Crippen molar-refractivity contribution in [1.29, 1.82) is 0 Å². The van der Waals surface area contributed by atoms with Gasteiger partial charge in [0.15, 0.2) is 15.7 Å². The minimum Gasteiger partial charge on any atom is -0.339 e. The summed E-state index contributed by atoms with van der Waals surface area (Å²) in [4.78, 5) is 5.51. The molecule has 0 atom stereocenters. The number of hydrogen-bond donors (Lipinski definition) is 2. The third-order valence-electron chi connectivity index (χ3n) is 4.12. The highest BCUT2D eigenvalue weighted by Gasteiger charge is 2.38. The van der Waals surface area contributed by atoms with Gasteiger partial charge in [-0.3, -0.25) is 5.10 Å². The Morgan fingerprint density at radius 3 is 2.64 bits per heavy atom. The molecule has 25 heavy (non-hydrogen) atoms. The summed E-state index contributed by atoms with van der Waals surface area (Å²) in [7, 11) is -3.33. The first kappa shape index (κ1) is 16.3. The van der Waals surface area contributed by atoms with Crippen LogP contribution in [-0.2, 0) is 9.84 Å². The second kappa shape index (κ2) is 5.96. The number of aryl methyl sites for hydroxylation is 2. The van der Waals surface area contributed by atoms with Crippen molar-refractivity contribution in [3.05, 3.63) is 41.2 Å². The van der Waals surface area contributed by atoms with Gasteiger partial charge in [0.2, 0.25) is 0 Å². The lowest BCUT2D eigenvalue weighted by Gasteiger charge is -2.11. The van der Waals surface area contributed by atoms with E-state index in [2.05, 4.69) is 20.5 Å². The van der Waals surface area contributed by atoms with Gasteiger partial charge in [-0.15, -0.1) is 11.3 Å². The van der Waals surface area contributed by atoms with Crippen LogP contribution in [0, 0.1) is 13.8 Å². The largest absolute Gasteiger partial charge is 0.339 e. The lowest BCUT2D eigenvalue weighted by Crippen LogP contribution is -2.09. The lowest BCUT2D eigenvalue weighted by molar-refractivity contribution is 0.595. The van der Waals surface area contributed by atoms with Crippen LogP contribution in [-0.4, -0.2) is 28.8 Å². The van der Waals surface area contributed by atoms with Gasteiger partial charge in [0.25, 0.3) is 0 Å². The number of H-pyrrole nitrogens is 1. The summed E-state index contributed by atoms with van der Waals surface area (Å²) in [5.41, 5.74) is 2.36. The highest BCUT2D eigenvalue weighted by atomic mass is 32.2. The number of sulfone groups is 1. The smallest absolute Gasteiger partial charge is 0.181 e. The van der Waals surface area contributed by atoms with Gasteiger partial charge in [-0.2, -0.15) is 5.10 Å². The molecule has 2 heterocycles. The van der Waals surface area contributed by atoms with E-state index in [4.69, 9.17) is 0 Å². The second-order valence-electron chi connectivity index (χ2n) is 6.26. The molecule has 3 aromatic rings. The third kappa shape index (κ3) is 3.19. The number of nitrogens with zero attached hydrogens (tertiary/aromatic N) is 2. The molecule has 0 radical (unpaired) electrons. The van der Waals surface area contributed by atoms with Crippen LogP contribution in [0.25, 0.3) is 10.4 Å². The van der Waals surface area contributed by atoms with Crippen molar-refractivity contribution < 1.29 is 8.42 Å². The van der Waals surface area contributed by atoms with Crippen molar-refractivity contribution in [2.24, 2.45) is 0 Å². The van der Waals surface area contributed by atoms with E-state index in [1.54, 1.807) is 12.3 Å². The van der Waals surface area contributed by atoms with Crippen molar-refractivity contribution in [1.82, 2.24) is 15.2 Å². The van der Waals surface area contributed by atoms with Gasteiger partial charge in [0.05, 0.1) is 20.0 Å². The van der Waals surface area contributed by atoms with Crippen LogP contribution in [0.5, 0.6) is 0 Å². The summed E-state index contributed by atoms with van der Waals surface area (Å²) in [5.74, 6) is 0.661. The first-order valence-electron chi connectivity index (χ1n) is 8.03. The predicted octanol–water partition coefficient (Wildman–Crippen LogP) is 3.83.